The van der Waals surface area contributed by atoms with E-state index in [9.17, 15) is 9.90 Å². The molecule has 5 heteroatoms. The van der Waals surface area contributed by atoms with Crippen molar-refractivity contribution < 1.29 is 19.4 Å². The lowest BCUT2D eigenvalue weighted by Crippen LogP contribution is -2.35. The van der Waals surface area contributed by atoms with Crippen molar-refractivity contribution in [3.63, 3.8) is 0 Å². The molecule has 0 aliphatic rings. The smallest absolute Gasteiger partial charge is 0.255 e. The minimum absolute atomic E-state index is 0.0289. The number of aryl methyl sites for hydroxylation is 1. The molecule has 1 rings (SSSR count). The van der Waals surface area contributed by atoms with Gasteiger partial charge in [0, 0.05) is 20.8 Å². The molecule has 18 heavy (non-hydrogen) atoms. The van der Waals surface area contributed by atoms with E-state index >= 15 is 0 Å². The Labute approximate surface area is 107 Å². The zero-order valence-electron chi connectivity index (χ0n) is 10.9. The molecule has 1 aromatic rings. The monoisotopic (exact) mass is 253 g/mol. The van der Waals surface area contributed by atoms with Crippen LogP contribution in [-0.4, -0.2) is 44.5 Å². The summed E-state index contributed by atoms with van der Waals surface area (Å²) >= 11 is 0. The highest BCUT2D eigenvalue weighted by Gasteiger charge is 2.13. The molecule has 1 aromatic carbocycles. The average molecular weight is 253 g/mol. The van der Waals surface area contributed by atoms with Crippen LogP contribution in [0.15, 0.2) is 18.2 Å². The number of carbonyl (C=O) groups is 1. The summed E-state index contributed by atoms with van der Waals surface area (Å²) in [4.78, 5) is 11.9. The molecule has 1 unspecified atom stereocenters. The third-order valence-electron chi connectivity index (χ3n) is 2.57. The number of phenols is 1. The summed E-state index contributed by atoms with van der Waals surface area (Å²) in [5.41, 5.74) is 1.18. The second-order valence-electron chi connectivity index (χ2n) is 4.04. The van der Waals surface area contributed by atoms with Gasteiger partial charge in [0.1, 0.15) is 5.75 Å². The highest BCUT2D eigenvalue weighted by molar-refractivity contribution is 5.96. The van der Waals surface area contributed by atoms with Gasteiger partial charge in [0.15, 0.2) is 0 Å². The van der Waals surface area contributed by atoms with Gasteiger partial charge in [-0.25, -0.2) is 0 Å². The fraction of sp³-hybridized carbons (Fsp3) is 0.462. The number of ether oxygens (including phenoxy) is 2. The van der Waals surface area contributed by atoms with E-state index < -0.39 is 0 Å². The molecule has 0 radical (unpaired) electrons. The van der Waals surface area contributed by atoms with Crippen molar-refractivity contribution in [2.24, 2.45) is 0 Å². The maximum absolute atomic E-state index is 11.9. The minimum Gasteiger partial charge on any atom is -0.507 e. The second-order valence-corrected chi connectivity index (χ2v) is 4.04. The third kappa shape index (κ3) is 4.01. The Morgan fingerprint density at radius 2 is 2.17 bits per heavy atom. The van der Waals surface area contributed by atoms with Gasteiger partial charge in [-0.3, -0.25) is 4.79 Å². The molecule has 0 heterocycles. The van der Waals surface area contributed by atoms with Crippen LogP contribution < -0.4 is 5.32 Å². The first-order valence-corrected chi connectivity index (χ1v) is 5.68. The summed E-state index contributed by atoms with van der Waals surface area (Å²) in [6.45, 7) is 2.59. The Bertz CT molecular complexity index is 406. The lowest BCUT2D eigenvalue weighted by atomic mass is 10.1. The van der Waals surface area contributed by atoms with Crippen LogP contribution in [0.1, 0.15) is 15.9 Å². The topological polar surface area (TPSA) is 67.8 Å². The molecular formula is C13H19NO4. The van der Waals surface area contributed by atoms with Crippen molar-refractivity contribution in [1.29, 1.82) is 0 Å². The van der Waals surface area contributed by atoms with Crippen LogP contribution in [0.2, 0.25) is 0 Å². The Hall–Kier alpha value is -1.59. The van der Waals surface area contributed by atoms with E-state index in [1.807, 2.05) is 6.92 Å². The predicted octanol–water partition coefficient (Wildman–Crippen LogP) is 1.09. The highest BCUT2D eigenvalue weighted by atomic mass is 16.5. The molecule has 0 fully saturated rings. The van der Waals surface area contributed by atoms with Gasteiger partial charge in [0.25, 0.3) is 5.91 Å². The van der Waals surface area contributed by atoms with Gasteiger partial charge >= 0.3 is 0 Å². The minimum atomic E-state index is -0.325. The first-order valence-electron chi connectivity index (χ1n) is 5.68. The molecule has 1 atom stereocenters. The first-order chi connectivity index (χ1) is 8.58. The van der Waals surface area contributed by atoms with E-state index in [1.165, 1.54) is 6.07 Å². The van der Waals surface area contributed by atoms with Crippen molar-refractivity contribution in [2.75, 3.05) is 27.4 Å². The zero-order chi connectivity index (χ0) is 13.5. The first kappa shape index (κ1) is 14.5. The van der Waals surface area contributed by atoms with Gasteiger partial charge < -0.3 is 19.9 Å². The molecule has 0 aromatic heterocycles. The molecule has 100 valence electrons. The van der Waals surface area contributed by atoms with Crippen LogP contribution in [0.25, 0.3) is 0 Å². The third-order valence-corrected chi connectivity index (χ3v) is 2.57. The van der Waals surface area contributed by atoms with Gasteiger partial charge in [0.2, 0.25) is 0 Å². The maximum Gasteiger partial charge on any atom is 0.255 e. The van der Waals surface area contributed by atoms with E-state index in [4.69, 9.17) is 9.47 Å². The zero-order valence-corrected chi connectivity index (χ0v) is 10.9. The predicted molar refractivity (Wildman–Crippen MR) is 67.9 cm³/mol. The Morgan fingerprint density at radius 3 is 2.78 bits per heavy atom. The molecule has 0 saturated carbocycles. The quantitative estimate of drug-likeness (QED) is 0.796. The number of aromatic hydroxyl groups is 1. The van der Waals surface area contributed by atoms with Crippen molar-refractivity contribution in [2.45, 2.75) is 13.0 Å². The lowest BCUT2D eigenvalue weighted by Gasteiger charge is -2.15. The molecule has 0 aliphatic carbocycles. The summed E-state index contributed by atoms with van der Waals surface area (Å²) < 4.78 is 10.1. The van der Waals surface area contributed by atoms with Gasteiger partial charge in [-0.2, -0.15) is 0 Å². The molecule has 1 amide bonds. The van der Waals surface area contributed by atoms with Crippen LogP contribution >= 0.6 is 0 Å². The molecule has 0 spiro atoms. The number of hydrogen-bond donors (Lipinski definition) is 2. The summed E-state index contributed by atoms with van der Waals surface area (Å²) in [5.74, 6) is -0.354. The lowest BCUT2D eigenvalue weighted by molar-refractivity contribution is 0.0285. The van der Waals surface area contributed by atoms with Crippen molar-refractivity contribution in [1.82, 2.24) is 5.32 Å². The average Bonchev–Trinajstić information content (AvgIpc) is 2.37. The maximum atomic E-state index is 11.9. The van der Waals surface area contributed by atoms with E-state index in [0.29, 0.717) is 13.2 Å². The number of amides is 1. The van der Waals surface area contributed by atoms with Crippen molar-refractivity contribution in [3.8, 4) is 5.75 Å². The highest BCUT2D eigenvalue weighted by Crippen LogP contribution is 2.17. The van der Waals surface area contributed by atoms with Crippen LogP contribution in [0.3, 0.4) is 0 Å². The molecule has 5 nitrogen and oxygen atoms in total. The van der Waals surface area contributed by atoms with Crippen LogP contribution in [0.4, 0.5) is 0 Å². The Morgan fingerprint density at radius 1 is 1.44 bits per heavy atom. The van der Waals surface area contributed by atoms with E-state index in [2.05, 4.69) is 5.32 Å². The SMILES string of the molecule is COCC(CNC(=O)c1cc(C)ccc1O)OC. The summed E-state index contributed by atoms with van der Waals surface area (Å²) in [6, 6.07) is 4.89. The van der Waals surface area contributed by atoms with E-state index in [-0.39, 0.29) is 23.3 Å². The van der Waals surface area contributed by atoms with Crippen LogP contribution in [-0.2, 0) is 9.47 Å². The van der Waals surface area contributed by atoms with E-state index in [1.54, 1.807) is 26.4 Å². The fourth-order valence-electron chi connectivity index (χ4n) is 1.53. The number of benzene rings is 1. The standard InChI is InChI=1S/C13H19NO4/c1-9-4-5-12(15)11(6-9)13(16)14-7-10(18-3)8-17-2/h4-6,10,15H,7-8H2,1-3H3,(H,14,16). The van der Waals surface area contributed by atoms with Gasteiger partial charge in [-0.1, -0.05) is 11.6 Å². The number of nitrogens with one attached hydrogen (secondary N) is 1. The fourth-order valence-corrected chi connectivity index (χ4v) is 1.53. The number of hydrogen-bond acceptors (Lipinski definition) is 4. The normalized spacial score (nSPS) is 12.2. The summed E-state index contributed by atoms with van der Waals surface area (Å²) in [6.07, 6.45) is -0.203. The van der Waals surface area contributed by atoms with E-state index in [0.717, 1.165) is 5.56 Å². The van der Waals surface area contributed by atoms with Crippen molar-refractivity contribution in [3.05, 3.63) is 29.3 Å². The summed E-state index contributed by atoms with van der Waals surface area (Å²) in [7, 11) is 3.13. The molecular weight excluding hydrogens is 234 g/mol. The number of carbonyl (C=O) groups excluding carboxylic acids is 1. The molecule has 0 bridgehead atoms. The molecule has 2 N–H and O–H groups in total. The molecule has 0 aliphatic heterocycles. The van der Waals surface area contributed by atoms with Gasteiger partial charge in [0.05, 0.1) is 18.3 Å². The van der Waals surface area contributed by atoms with Gasteiger partial charge in [-0.15, -0.1) is 0 Å². The van der Waals surface area contributed by atoms with Crippen molar-refractivity contribution >= 4 is 5.91 Å². The summed E-state index contributed by atoms with van der Waals surface area (Å²) in [5, 5.41) is 12.3. The Kier molecular flexibility index (Phi) is 5.61. The number of phenolic OH excluding ortho intramolecular Hbond substituents is 1. The second kappa shape index (κ2) is 6.98. The van der Waals surface area contributed by atoms with Crippen LogP contribution in [0, 0.1) is 6.92 Å². The largest absolute Gasteiger partial charge is 0.507 e. The molecule has 0 saturated heterocycles. The Balaban J connectivity index is 2.62. The van der Waals surface area contributed by atoms with Crippen LogP contribution in [0.5, 0.6) is 5.75 Å². The number of methoxy groups -OCH3 is 2. The number of rotatable bonds is 6. The van der Waals surface area contributed by atoms with Gasteiger partial charge in [-0.05, 0) is 19.1 Å².